The van der Waals surface area contributed by atoms with Crippen LogP contribution in [0.15, 0.2) is 34.0 Å². The molecule has 0 fully saturated rings. The van der Waals surface area contributed by atoms with Gasteiger partial charge in [0.15, 0.2) is 10.1 Å². The van der Waals surface area contributed by atoms with Crippen LogP contribution >= 0.6 is 23.3 Å². The quantitative estimate of drug-likeness (QED) is 0.766. The van der Waals surface area contributed by atoms with Gasteiger partial charge in [-0.3, -0.25) is 4.79 Å². The summed E-state index contributed by atoms with van der Waals surface area (Å²) >= 11 is 2.72. The predicted molar refractivity (Wildman–Crippen MR) is 58.3 cm³/mol. The second kappa shape index (κ2) is 4.50. The molecule has 6 heteroatoms. The zero-order valence-corrected chi connectivity index (χ0v) is 9.51. The number of nitrogens with zero attached hydrogens (tertiary/aromatic N) is 3. The molecule has 0 atom stereocenters. The molecule has 0 saturated carbocycles. The molecule has 0 spiro atoms. The van der Waals surface area contributed by atoms with Crippen molar-refractivity contribution in [3.63, 3.8) is 0 Å². The van der Waals surface area contributed by atoms with E-state index in [0.29, 0.717) is 5.56 Å². The van der Waals surface area contributed by atoms with E-state index in [1.807, 2.05) is 0 Å². The van der Waals surface area contributed by atoms with Gasteiger partial charge in [-0.15, -0.1) is 0 Å². The molecule has 2 heterocycles. The van der Waals surface area contributed by atoms with Gasteiger partial charge in [0.25, 0.3) is 0 Å². The lowest BCUT2D eigenvalue weighted by atomic mass is 10.2. The van der Waals surface area contributed by atoms with Crippen LogP contribution in [-0.4, -0.2) is 20.1 Å². The third-order valence-corrected chi connectivity index (χ3v) is 3.32. The standard InChI is InChI=1S/C9H7N3OS2/c1-6(13)7-2-3-10-8(4-7)14-9-11-5-12-15-9/h2-5H,1H3. The van der Waals surface area contributed by atoms with E-state index in [2.05, 4.69) is 14.3 Å². The van der Waals surface area contributed by atoms with Crippen molar-refractivity contribution in [3.05, 3.63) is 30.2 Å². The van der Waals surface area contributed by atoms with Crippen LogP contribution in [0.3, 0.4) is 0 Å². The van der Waals surface area contributed by atoms with E-state index in [-0.39, 0.29) is 5.78 Å². The summed E-state index contributed by atoms with van der Waals surface area (Å²) in [7, 11) is 0. The summed E-state index contributed by atoms with van der Waals surface area (Å²) < 4.78 is 4.71. The van der Waals surface area contributed by atoms with Crippen LogP contribution in [-0.2, 0) is 0 Å². The van der Waals surface area contributed by atoms with Crippen molar-refractivity contribution in [2.45, 2.75) is 16.3 Å². The normalized spacial score (nSPS) is 10.2. The topological polar surface area (TPSA) is 55.7 Å². The Morgan fingerprint density at radius 1 is 1.47 bits per heavy atom. The van der Waals surface area contributed by atoms with Crippen molar-refractivity contribution in [1.82, 2.24) is 14.3 Å². The highest BCUT2D eigenvalue weighted by molar-refractivity contribution is 8.00. The van der Waals surface area contributed by atoms with Crippen molar-refractivity contribution in [1.29, 1.82) is 0 Å². The lowest BCUT2D eigenvalue weighted by Gasteiger charge is -1.98. The number of ketones is 1. The van der Waals surface area contributed by atoms with Crippen LogP contribution in [0.2, 0.25) is 0 Å². The zero-order chi connectivity index (χ0) is 10.7. The summed E-state index contributed by atoms with van der Waals surface area (Å²) in [4.78, 5) is 19.3. The lowest BCUT2D eigenvalue weighted by Crippen LogP contribution is -1.92. The molecule has 0 aliphatic carbocycles. The molecule has 0 unspecified atom stereocenters. The molecule has 0 amide bonds. The number of aromatic nitrogens is 3. The monoisotopic (exact) mass is 237 g/mol. The van der Waals surface area contributed by atoms with Crippen molar-refractivity contribution < 1.29 is 4.79 Å². The van der Waals surface area contributed by atoms with Crippen LogP contribution < -0.4 is 0 Å². The summed E-state index contributed by atoms with van der Waals surface area (Å²) in [5.74, 6) is 0.0384. The first kappa shape index (κ1) is 10.3. The Morgan fingerprint density at radius 2 is 2.33 bits per heavy atom. The van der Waals surface area contributed by atoms with E-state index in [1.54, 1.807) is 18.3 Å². The number of carbonyl (C=O) groups excluding carboxylic acids is 1. The van der Waals surface area contributed by atoms with Crippen LogP contribution in [0.5, 0.6) is 0 Å². The Bertz CT molecular complexity index is 470. The van der Waals surface area contributed by atoms with Gasteiger partial charge in [-0.25, -0.2) is 9.97 Å². The second-order valence-electron chi connectivity index (χ2n) is 2.75. The molecule has 0 bridgehead atoms. The molecule has 0 aliphatic rings. The number of Topliss-reactive ketones (excluding diaryl/α,β-unsaturated/α-hetero) is 1. The third kappa shape index (κ3) is 2.60. The van der Waals surface area contributed by atoms with Crippen molar-refractivity contribution in [2.24, 2.45) is 0 Å². The van der Waals surface area contributed by atoms with Crippen LogP contribution in [0.4, 0.5) is 0 Å². The molecule has 2 aromatic rings. The summed E-state index contributed by atoms with van der Waals surface area (Å²) in [5, 5.41) is 0.763. The summed E-state index contributed by atoms with van der Waals surface area (Å²) in [6.07, 6.45) is 3.13. The lowest BCUT2D eigenvalue weighted by molar-refractivity contribution is 0.101. The maximum atomic E-state index is 11.1. The summed E-state index contributed by atoms with van der Waals surface area (Å²) in [6.45, 7) is 1.54. The fourth-order valence-electron chi connectivity index (χ4n) is 0.982. The van der Waals surface area contributed by atoms with Crippen molar-refractivity contribution in [2.75, 3.05) is 0 Å². The van der Waals surface area contributed by atoms with Gasteiger partial charge >= 0.3 is 0 Å². The van der Waals surface area contributed by atoms with Crippen LogP contribution in [0.1, 0.15) is 17.3 Å². The molecule has 0 saturated heterocycles. The van der Waals surface area contributed by atoms with Gasteiger partial charge in [0, 0.05) is 11.8 Å². The molecule has 0 aromatic carbocycles. The maximum Gasteiger partial charge on any atom is 0.175 e. The molecule has 2 rings (SSSR count). The molecular weight excluding hydrogens is 230 g/mol. The molecule has 76 valence electrons. The molecule has 2 aromatic heterocycles. The number of hydrogen-bond acceptors (Lipinski definition) is 6. The highest BCUT2D eigenvalue weighted by Crippen LogP contribution is 2.26. The first-order chi connectivity index (χ1) is 7.25. The van der Waals surface area contributed by atoms with Gasteiger partial charge < -0.3 is 0 Å². The predicted octanol–water partition coefficient (Wildman–Crippen LogP) is 2.29. The van der Waals surface area contributed by atoms with E-state index in [4.69, 9.17) is 0 Å². The van der Waals surface area contributed by atoms with Crippen LogP contribution in [0.25, 0.3) is 0 Å². The number of pyridine rings is 1. The molecular formula is C9H7N3OS2. The van der Waals surface area contributed by atoms with Gasteiger partial charge in [-0.2, -0.15) is 4.37 Å². The summed E-state index contributed by atoms with van der Waals surface area (Å²) in [5.41, 5.74) is 0.664. The Morgan fingerprint density at radius 3 is 3.00 bits per heavy atom. The SMILES string of the molecule is CC(=O)c1ccnc(Sc2ncns2)c1. The van der Waals surface area contributed by atoms with E-state index in [1.165, 1.54) is 36.5 Å². The van der Waals surface area contributed by atoms with Gasteiger partial charge in [-0.05, 0) is 42.4 Å². The number of carbonyl (C=O) groups is 1. The number of hydrogen-bond donors (Lipinski definition) is 0. The average molecular weight is 237 g/mol. The maximum absolute atomic E-state index is 11.1. The second-order valence-corrected chi connectivity index (χ2v) is 4.80. The first-order valence-electron chi connectivity index (χ1n) is 4.17. The van der Waals surface area contributed by atoms with Crippen molar-refractivity contribution in [3.8, 4) is 0 Å². The Hall–Kier alpha value is -1.27. The Balaban J connectivity index is 2.22. The first-order valence-corrected chi connectivity index (χ1v) is 5.76. The minimum Gasteiger partial charge on any atom is -0.295 e. The van der Waals surface area contributed by atoms with Gasteiger partial charge in [0.2, 0.25) is 0 Å². The fourth-order valence-corrected chi connectivity index (χ4v) is 2.37. The molecule has 0 radical (unpaired) electrons. The van der Waals surface area contributed by atoms with E-state index in [0.717, 1.165) is 9.37 Å². The Labute approximate surface area is 94.9 Å². The van der Waals surface area contributed by atoms with Crippen LogP contribution in [0, 0.1) is 0 Å². The highest BCUT2D eigenvalue weighted by Gasteiger charge is 2.05. The highest BCUT2D eigenvalue weighted by atomic mass is 32.2. The van der Waals surface area contributed by atoms with Gasteiger partial charge in [0.05, 0.1) is 0 Å². The third-order valence-electron chi connectivity index (χ3n) is 1.67. The smallest absolute Gasteiger partial charge is 0.175 e. The molecule has 0 aliphatic heterocycles. The zero-order valence-electron chi connectivity index (χ0n) is 7.88. The molecule has 4 nitrogen and oxygen atoms in total. The fraction of sp³-hybridized carbons (Fsp3) is 0.111. The van der Waals surface area contributed by atoms with Gasteiger partial charge in [0.1, 0.15) is 11.4 Å². The van der Waals surface area contributed by atoms with E-state index < -0.39 is 0 Å². The minimum absolute atomic E-state index is 0.0384. The molecule has 0 N–H and O–H groups in total. The van der Waals surface area contributed by atoms with Gasteiger partial charge in [-0.1, -0.05) is 0 Å². The summed E-state index contributed by atoms with van der Waals surface area (Å²) in [6, 6.07) is 3.46. The Kier molecular flexibility index (Phi) is 3.08. The average Bonchev–Trinajstić information content (AvgIpc) is 2.71. The molecule has 15 heavy (non-hydrogen) atoms. The van der Waals surface area contributed by atoms with E-state index >= 15 is 0 Å². The number of rotatable bonds is 3. The largest absolute Gasteiger partial charge is 0.295 e. The minimum atomic E-state index is 0.0384. The van der Waals surface area contributed by atoms with E-state index in [9.17, 15) is 4.79 Å². The van der Waals surface area contributed by atoms with Crippen molar-refractivity contribution >= 4 is 29.1 Å².